The lowest BCUT2D eigenvalue weighted by molar-refractivity contribution is 0.0197. The van der Waals surface area contributed by atoms with Crippen LogP contribution >= 0.6 is 0 Å². The molecular weight excluding hydrogens is 298 g/mol. The minimum atomic E-state index is -0.422. The predicted molar refractivity (Wildman–Crippen MR) is 100 cm³/mol. The van der Waals surface area contributed by atoms with E-state index in [1.807, 2.05) is 25.7 Å². The van der Waals surface area contributed by atoms with E-state index in [0.29, 0.717) is 5.92 Å². The van der Waals surface area contributed by atoms with Gasteiger partial charge >= 0.3 is 6.09 Å². The van der Waals surface area contributed by atoms with Crippen LogP contribution in [0.3, 0.4) is 0 Å². The average molecular weight is 329 g/mol. The van der Waals surface area contributed by atoms with Gasteiger partial charge in [-0.3, -0.25) is 0 Å². The number of carbonyl (C=O) groups is 1. The number of likely N-dealkylation sites (tertiary alicyclic amines) is 1. The van der Waals surface area contributed by atoms with Gasteiger partial charge in [0.2, 0.25) is 0 Å². The topological polar surface area (TPSA) is 29.5 Å². The number of piperidine rings is 1. The van der Waals surface area contributed by atoms with Crippen molar-refractivity contribution in [2.24, 2.45) is 5.92 Å². The second-order valence-corrected chi connectivity index (χ2v) is 7.98. The normalized spacial score (nSPS) is 16.7. The first-order chi connectivity index (χ1) is 11.2. The molecule has 1 fully saturated rings. The van der Waals surface area contributed by atoms with Crippen molar-refractivity contribution in [2.75, 3.05) is 13.1 Å². The zero-order chi connectivity index (χ0) is 17.9. The summed E-state index contributed by atoms with van der Waals surface area (Å²) in [6.45, 7) is 13.8. The molecule has 0 aromatic heterocycles. The van der Waals surface area contributed by atoms with Crippen LogP contribution in [0.15, 0.2) is 18.2 Å². The fraction of sp³-hybridized carbons (Fsp3) is 0.571. The number of hydrogen-bond donors (Lipinski definition) is 0. The SMILES string of the molecule is Cc1cc(C)c(/C=C/C2CCN(C(=O)OC(C)(C)C)CC2)c(C)c1. The number of allylic oxidation sites excluding steroid dienone is 1. The minimum absolute atomic E-state index is 0.185. The molecule has 24 heavy (non-hydrogen) atoms. The maximum absolute atomic E-state index is 12.1. The van der Waals surface area contributed by atoms with Crippen molar-refractivity contribution in [3.8, 4) is 0 Å². The predicted octanol–water partition coefficient (Wildman–Crippen LogP) is 5.27. The van der Waals surface area contributed by atoms with Crippen molar-refractivity contribution in [3.05, 3.63) is 40.5 Å². The molecule has 1 saturated heterocycles. The third kappa shape index (κ3) is 5.12. The lowest BCUT2D eigenvalue weighted by Crippen LogP contribution is -2.41. The maximum atomic E-state index is 12.1. The highest BCUT2D eigenvalue weighted by molar-refractivity contribution is 5.68. The lowest BCUT2D eigenvalue weighted by Gasteiger charge is -2.32. The molecule has 0 unspecified atom stereocenters. The van der Waals surface area contributed by atoms with Crippen LogP contribution in [0.1, 0.15) is 55.9 Å². The van der Waals surface area contributed by atoms with E-state index in [0.717, 1.165) is 25.9 Å². The molecular formula is C21H31NO2. The second kappa shape index (κ2) is 7.42. The molecule has 0 atom stereocenters. The second-order valence-electron chi connectivity index (χ2n) is 7.98. The molecule has 132 valence electrons. The van der Waals surface area contributed by atoms with Gasteiger partial charge in [0.15, 0.2) is 0 Å². The number of hydrogen-bond acceptors (Lipinski definition) is 2. The van der Waals surface area contributed by atoms with E-state index >= 15 is 0 Å². The van der Waals surface area contributed by atoms with Gasteiger partial charge in [-0.2, -0.15) is 0 Å². The van der Waals surface area contributed by atoms with Crippen molar-refractivity contribution in [2.45, 2.75) is 60.0 Å². The van der Waals surface area contributed by atoms with E-state index in [1.165, 1.54) is 22.3 Å². The fourth-order valence-electron chi connectivity index (χ4n) is 3.29. The molecule has 1 aromatic rings. The van der Waals surface area contributed by atoms with Gasteiger partial charge in [-0.25, -0.2) is 4.79 Å². The van der Waals surface area contributed by atoms with Crippen LogP contribution in [0, 0.1) is 26.7 Å². The number of amides is 1. The molecule has 1 aliphatic rings. The van der Waals surface area contributed by atoms with Crippen LogP contribution < -0.4 is 0 Å². The highest BCUT2D eigenvalue weighted by Gasteiger charge is 2.25. The van der Waals surface area contributed by atoms with Crippen LogP contribution in [-0.4, -0.2) is 29.7 Å². The summed E-state index contributed by atoms with van der Waals surface area (Å²) in [7, 11) is 0. The first-order valence-electron chi connectivity index (χ1n) is 8.89. The molecule has 2 rings (SSSR count). The largest absolute Gasteiger partial charge is 0.444 e. The number of carbonyl (C=O) groups excluding carboxylic acids is 1. The number of benzene rings is 1. The van der Waals surface area contributed by atoms with E-state index in [2.05, 4.69) is 45.1 Å². The molecule has 0 spiro atoms. The average Bonchev–Trinajstić information content (AvgIpc) is 2.45. The van der Waals surface area contributed by atoms with Crippen molar-refractivity contribution < 1.29 is 9.53 Å². The Morgan fingerprint density at radius 1 is 1.12 bits per heavy atom. The number of ether oxygens (including phenoxy) is 1. The quantitative estimate of drug-likeness (QED) is 0.739. The van der Waals surface area contributed by atoms with E-state index in [4.69, 9.17) is 4.74 Å². The third-order valence-electron chi connectivity index (χ3n) is 4.46. The standard InChI is InChI=1S/C21H31NO2/c1-15-13-16(2)19(17(3)14-15)8-7-18-9-11-22(12-10-18)20(23)24-21(4,5)6/h7-8,13-14,18H,9-12H2,1-6H3/b8-7+. The Bertz CT molecular complexity index is 594. The maximum Gasteiger partial charge on any atom is 0.410 e. The molecule has 0 radical (unpaired) electrons. The van der Waals surface area contributed by atoms with Crippen molar-refractivity contribution in [3.63, 3.8) is 0 Å². The summed E-state index contributed by atoms with van der Waals surface area (Å²) in [5.41, 5.74) is 4.88. The van der Waals surface area contributed by atoms with Gasteiger partial charge in [0.05, 0.1) is 0 Å². The molecule has 3 heteroatoms. The van der Waals surface area contributed by atoms with E-state index in [1.54, 1.807) is 0 Å². The Balaban J connectivity index is 1.93. The van der Waals surface area contributed by atoms with Gasteiger partial charge in [0.1, 0.15) is 5.60 Å². The van der Waals surface area contributed by atoms with Crippen molar-refractivity contribution >= 4 is 12.2 Å². The summed E-state index contributed by atoms with van der Waals surface area (Å²) >= 11 is 0. The lowest BCUT2D eigenvalue weighted by atomic mass is 9.93. The summed E-state index contributed by atoms with van der Waals surface area (Å²) < 4.78 is 5.45. The van der Waals surface area contributed by atoms with Crippen molar-refractivity contribution in [1.82, 2.24) is 4.90 Å². The third-order valence-corrected chi connectivity index (χ3v) is 4.46. The van der Waals surface area contributed by atoms with E-state index in [9.17, 15) is 4.79 Å². The summed E-state index contributed by atoms with van der Waals surface area (Å²) in [4.78, 5) is 13.9. The number of aryl methyl sites for hydroxylation is 3. The first kappa shape index (κ1) is 18.6. The van der Waals surface area contributed by atoms with Crippen molar-refractivity contribution in [1.29, 1.82) is 0 Å². The van der Waals surface area contributed by atoms with Gasteiger partial charge in [-0.05, 0) is 77.0 Å². The summed E-state index contributed by atoms with van der Waals surface area (Å²) in [6.07, 6.45) is 6.39. The van der Waals surface area contributed by atoms with E-state index in [-0.39, 0.29) is 6.09 Å². The zero-order valence-corrected chi connectivity index (χ0v) is 16.0. The summed E-state index contributed by atoms with van der Waals surface area (Å²) in [6, 6.07) is 4.47. The molecule has 0 aliphatic carbocycles. The smallest absolute Gasteiger partial charge is 0.410 e. The van der Waals surface area contributed by atoms with Gasteiger partial charge in [-0.1, -0.05) is 29.8 Å². The van der Waals surface area contributed by atoms with Gasteiger partial charge in [0.25, 0.3) is 0 Å². The fourth-order valence-corrected chi connectivity index (χ4v) is 3.29. The summed E-state index contributed by atoms with van der Waals surface area (Å²) in [5.74, 6) is 0.531. The highest BCUT2D eigenvalue weighted by Crippen LogP contribution is 2.24. The summed E-state index contributed by atoms with van der Waals surface area (Å²) in [5, 5.41) is 0. The first-order valence-corrected chi connectivity index (χ1v) is 8.89. The molecule has 1 amide bonds. The van der Waals surface area contributed by atoms with Gasteiger partial charge < -0.3 is 9.64 Å². The Kier molecular flexibility index (Phi) is 5.74. The highest BCUT2D eigenvalue weighted by atomic mass is 16.6. The van der Waals surface area contributed by atoms with Crippen LogP contribution in [0.25, 0.3) is 6.08 Å². The minimum Gasteiger partial charge on any atom is -0.444 e. The van der Waals surface area contributed by atoms with E-state index < -0.39 is 5.60 Å². The molecule has 0 saturated carbocycles. The Morgan fingerprint density at radius 3 is 2.17 bits per heavy atom. The Labute approximate surface area is 146 Å². The molecule has 0 N–H and O–H groups in total. The molecule has 1 aromatic carbocycles. The Hall–Kier alpha value is -1.77. The van der Waals surface area contributed by atoms with Crippen LogP contribution in [0.5, 0.6) is 0 Å². The molecule has 1 aliphatic heterocycles. The number of rotatable bonds is 2. The van der Waals surface area contributed by atoms with Gasteiger partial charge in [0, 0.05) is 13.1 Å². The monoisotopic (exact) mass is 329 g/mol. The van der Waals surface area contributed by atoms with Crippen LogP contribution in [-0.2, 0) is 4.74 Å². The molecule has 3 nitrogen and oxygen atoms in total. The number of nitrogens with zero attached hydrogens (tertiary/aromatic N) is 1. The zero-order valence-electron chi connectivity index (χ0n) is 16.0. The molecule has 0 bridgehead atoms. The molecule has 1 heterocycles. The van der Waals surface area contributed by atoms with Crippen LogP contribution in [0.4, 0.5) is 4.79 Å². The van der Waals surface area contributed by atoms with Crippen LogP contribution in [0.2, 0.25) is 0 Å². The van der Waals surface area contributed by atoms with Gasteiger partial charge in [-0.15, -0.1) is 0 Å². The Morgan fingerprint density at radius 2 is 1.67 bits per heavy atom.